The fourth-order valence-corrected chi connectivity index (χ4v) is 2.22. The van der Waals surface area contributed by atoms with Crippen LogP contribution in [0.25, 0.3) is 0 Å². The van der Waals surface area contributed by atoms with E-state index in [1.165, 1.54) is 24.2 Å². The molecule has 0 spiro atoms. The first kappa shape index (κ1) is 9.46. The van der Waals surface area contributed by atoms with Crippen LogP contribution in [0.4, 0.5) is 0 Å². The Balaban J connectivity index is 1.84. The SMILES string of the molecule is OC(CNC1CC1)c1ccc(Cl)s1. The molecule has 1 aliphatic rings. The highest BCUT2D eigenvalue weighted by molar-refractivity contribution is 7.16. The van der Waals surface area contributed by atoms with E-state index in [4.69, 9.17) is 11.6 Å². The van der Waals surface area contributed by atoms with Crippen LogP contribution in [0.3, 0.4) is 0 Å². The lowest BCUT2D eigenvalue weighted by atomic mass is 10.3. The lowest BCUT2D eigenvalue weighted by molar-refractivity contribution is 0.178. The van der Waals surface area contributed by atoms with Crippen molar-refractivity contribution >= 4 is 22.9 Å². The first-order valence-electron chi connectivity index (χ1n) is 4.42. The molecule has 1 aliphatic carbocycles. The van der Waals surface area contributed by atoms with Crippen LogP contribution in [-0.2, 0) is 0 Å². The molecule has 1 saturated carbocycles. The maximum atomic E-state index is 9.70. The lowest BCUT2D eigenvalue weighted by Gasteiger charge is -2.08. The summed E-state index contributed by atoms with van der Waals surface area (Å²) in [5.41, 5.74) is 0. The normalized spacial score (nSPS) is 18.9. The van der Waals surface area contributed by atoms with Gasteiger partial charge in [0.05, 0.1) is 4.34 Å². The fraction of sp³-hybridized carbons (Fsp3) is 0.556. The second-order valence-electron chi connectivity index (χ2n) is 3.34. The second-order valence-corrected chi connectivity index (χ2v) is 5.09. The molecular formula is C9H12ClNOS. The molecule has 0 amide bonds. The number of hydrogen-bond donors (Lipinski definition) is 2. The van der Waals surface area contributed by atoms with E-state index in [-0.39, 0.29) is 0 Å². The minimum atomic E-state index is -0.405. The van der Waals surface area contributed by atoms with E-state index in [1.54, 1.807) is 0 Å². The summed E-state index contributed by atoms with van der Waals surface area (Å²) >= 11 is 7.21. The quantitative estimate of drug-likeness (QED) is 0.811. The van der Waals surface area contributed by atoms with Gasteiger partial charge in [-0.2, -0.15) is 0 Å². The summed E-state index contributed by atoms with van der Waals surface area (Å²) < 4.78 is 0.737. The van der Waals surface area contributed by atoms with Gasteiger partial charge in [0.25, 0.3) is 0 Å². The van der Waals surface area contributed by atoms with Crippen LogP contribution in [0.1, 0.15) is 23.8 Å². The van der Waals surface area contributed by atoms with E-state index in [0.717, 1.165) is 9.21 Å². The second kappa shape index (κ2) is 3.96. The van der Waals surface area contributed by atoms with Crippen LogP contribution in [0.2, 0.25) is 4.34 Å². The molecule has 1 aromatic heterocycles. The number of rotatable bonds is 4. The molecule has 2 nitrogen and oxygen atoms in total. The number of hydrogen-bond acceptors (Lipinski definition) is 3. The van der Waals surface area contributed by atoms with Crippen LogP contribution < -0.4 is 5.32 Å². The number of nitrogens with one attached hydrogen (secondary N) is 1. The summed E-state index contributed by atoms with van der Waals surface area (Å²) in [5, 5.41) is 13.0. The summed E-state index contributed by atoms with van der Waals surface area (Å²) in [6.45, 7) is 0.640. The predicted molar refractivity (Wildman–Crippen MR) is 55.3 cm³/mol. The number of aliphatic hydroxyl groups is 1. The molecule has 2 rings (SSSR count). The number of aliphatic hydroxyl groups excluding tert-OH is 1. The zero-order valence-corrected chi connectivity index (χ0v) is 8.74. The van der Waals surface area contributed by atoms with E-state index in [1.807, 2.05) is 12.1 Å². The maximum Gasteiger partial charge on any atom is 0.101 e. The van der Waals surface area contributed by atoms with Crippen molar-refractivity contribution in [2.45, 2.75) is 25.0 Å². The maximum absolute atomic E-state index is 9.70. The van der Waals surface area contributed by atoms with Crippen LogP contribution in [0, 0.1) is 0 Å². The van der Waals surface area contributed by atoms with Gasteiger partial charge in [0.2, 0.25) is 0 Å². The Labute approximate surface area is 86.5 Å². The summed E-state index contributed by atoms with van der Waals surface area (Å²) in [5.74, 6) is 0. The minimum absolute atomic E-state index is 0.405. The highest BCUT2D eigenvalue weighted by Gasteiger charge is 2.21. The fourth-order valence-electron chi connectivity index (χ4n) is 1.17. The Kier molecular flexibility index (Phi) is 2.89. The summed E-state index contributed by atoms with van der Waals surface area (Å²) in [6.07, 6.45) is 2.09. The van der Waals surface area contributed by atoms with Crippen molar-refractivity contribution in [2.24, 2.45) is 0 Å². The molecular weight excluding hydrogens is 206 g/mol. The highest BCUT2D eigenvalue weighted by atomic mass is 35.5. The van der Waals surface area contributed by atoms with Gasteiger partial charge in [-0.3, -0.25) is 0 Å². The van der Waals surface area contributed by atoms with Crippen molar-refractivity contribution in [3.8, 4) is 0 Å². The van der Waals surface area contributed by atoms with Crippen molar-refractivity contribution in [1.29, 1.82) is 0 Å². The van der Waals surface area contributed by atoms with Gasteiger partial charge in [-0.05, 0) is 25.0 Å². The average Bonchev–Trinajstić information content (AvgIpc) is 2.84. The Morgan fingerprint density at radius 3 is 2.92 bits per heavy atom. The van der Waals surface area contributed by atoms with Crippen LogP contribution >= 0.6 is 22.9 Å². The first-order chi connectivity index (χ1) is 6.25. The molecule has 0 aromatic carbocycles. The van der Waals surface area contributed by atoms with Crippen molar-refractivity contribution in [1.82, 2.24) is 5.32 Å². The molecule has 1 unspecified atom stereocenters. The predicted octanol–water partition coefficient (Wildman–Crippen LogP) is 2.19. The number of halogens is 1. The van der Waals surface area contributed by atoms with Gasteiger partial charge in [0.1, 0.15) is 6.10 Å². The zero-order chi connectivity index (χ0) is 9.26. The molecule has 1 atom stereocenters. The molecule has 1 heterocycles. The van der Waals surface area contributed by atoms with Gasteiger partial charge in [0, 0.05) is 17.5 Å². The summed E-state index contributed by atoms with van der Waals surface area (Å²) in [6, 6.07) is 4.35. The van der Waals surface area contributed by atoms with Gasteiger partial charge in [-0.15, -0.1) is 11.3 Å². The third-order valence-corrected chi connectivity index (χ3v) is 3.43. The van der Waals surface area contributed by atoms with Crippen LogP contribution in [0.5, 0.6) is 0 Å². The van der Waals surface area contributed by atoms with Gasteiger partial charge in [0.15, 0.2) is 0 Å². The Morgan fingerprint density at radius 1 is 1.62 bits per heavy atom. The Morgan fingerprint density at radius 2 is 2.38 bits per heavy atom. The summed E-state index contributed by atoms with van der Waals surface area (Å²) in [4.78, 5) is 0.943. The zero-order valence-electron chi connectivity index (χ0n) is 7.16. The smallest absolute Gasteiger partial charge is 0.101 e. The minimum Gasteiger partial charge on any atom is -0.386 e. The topological polar surface area (TPSA) is 32.3 Å². The van der Waals surface area contributed by atoms with Crippen LogP contribution in [0.15, 0.2) is 12.1 Å². The largest absolute Gasteiger partial charge is 0.386 e. The summed E-state index contributed by atoms with van der Waals surface area (Å²) in [7, 11) is 0. The monoisotopic (exact) mass is 217 g/mol. The van der Waals surface area contributed by atoms with Crippen molar-refractivity contribution in [3.05, 3.63) is 21.3 Å². The first-order valence-corrected chi connectivity index (χ1v) is 5.62. The molecule has 1 aromatic rings. The molecule has 13 heavy (non-hydrogen) atoms. The average molecular weight is 218 g/mol. The van der Waals surface area contributed by atoms with Gasteiger partial charge >= 0.3 is 0 Å². The van der Waals surface area contributed by atoms with Gasteiger partial charge < -0.3 is 10.4 Å². The third kappa shape index (κ3) is 2.68. The molecule has 2 N–H and O–H groups in total. The lowest BCUT2D eigenvalue weighted by Crippen LogP contribution is -2.22. The van der Waals surface area contributed by atoms with E-state index < -0.39 is 6.10 Å². The Hall–Kier alpha value is -0.0900. The van der Waals surface area contributed by atoms with Gasteiger partial charge in [-0.1, -0.05) is 11.6 Å². The van der Waals surface area contributed by atoms with Crippen molar-refractivity contribution in [2.75, 3.05) is 6.54 Å². The van der Waals surface area contributed by atoms with Crippen molar-refractivity contribution in [3.63, 3.8) is 0 Å². The molecule has 1 fully saturated rings. The van der Waals surface area contributed by atoms with Gasteiger partial charge in [-0.25, -0.2) is 0 Å². The molecule has 0 saturated heterocycles. The highest BCUT2D eigenvalue weighted by Crippen LogP contribution is 2.27. The molecule has 0 aliphatic heterocycles. The third-order valence-electron chi connectivity index (χ3n) is 2.10. The van der Waals surface area contributed by atoms with E-state index in [0.29, 0.717) is 12.6 Å². The molecule has 0 bridgehead atoms. The Bertz CT molecular complexity index is 285. The molecule has 4 heteroatoms. The van der Waals surface area contributed by atoms with E-state index in [2.05, 4.69) is 5.32 Å². The van der Waals surface area contributed by atoms with Crippen LogP contribution in [-0.4, -0.2) is 17.7 Å². The molecule has 0 radical (unpaired) electrons. The number of thiophene rings is 1. The van der Waals surface area contributed by atoms with E-state index in [9.17, 15) is 5.11 Å². The van der Waals surface area contributed by atoms with Crippen molar-refractivity contribution < 1.29 is 5.11 Å². The van der Waals surface area contributed by atoms with E-state index >= 15 is 0 Å². The molecule has 72 valence electrons. The standard InChI is InChI=1S/C9H12ClNOS/c10-9-4-3-8(13-9)7(12)5-11-6-1-2-6/h3-4,6-7,11-12H,1-2,5H2.